The summed E-state index contributed by atoms with van der Waals surface area (Å²) in [5.74, 6) is -0.211. The fourth-order valence-corrected chi connectivity index (χ4v) is 2.80. The van der Waals surface area contributed by atoms with Crippen LogP contribution >= 0.6 is 11.3 Å². The summed E-state index contributed by atoms with van der Waals surface area (Å²) in [6.07, 6.45) is 6.56. The van der Waals surface area contributed by atoms with Crippen molar-refractivity contribution in [3.05, 3.63) is 11.1 Å². The molecule has 0 saturated carbocycles. The summed E-state index contributed by atoms with van der Waals surface area (Å²) >= 11 is 1.55. The largest absolute Gasteiger partial charge is 0.466 e. The predicted molar refractivity (Wildman–Crippen MR) is 84.3 cm³/mol. The highest BCUT2D eigenvalue weighted by Gasteiger charge is 2.09. The lowest BCUT2D eigenvalue weighted by Gasteiger charge is -2.12. The van der Waals surface area contributed by atoms with Crippen molar-refractivity contribution < 1.29 is 9.53 Å². The number of hydrogen-bond donors (Lipinski definition) is 1. The molecule has 0 radical (unpaired) electrons. The van der Waals surface area contributed by atoms with Crippen molar-refractivity contribution in [3.63, 3.8) is 0 Å². The average Bonchev–Trinajstić information content (AvgIpc) is 2.82. The van der Waals surface area contributed by atoms with Crippen LogP contribution in [-0.2, 0) is 16.0 Å². The number of anilines is 1. The fourth-order valence-electron chi connectivity index (χ4n) is 1.97. The minimum Gasteiger partial charge on any atom is -0.466 e. The molecule has 1 aromatic heterocycles. The third kappa shape index (κ3) is 6.89. The lowest BCUT2D eigenvalue weighted by Crippen LogP contribution is -2.15. The van der Waals surface area contributed by atoms with Crippen molar-refractivity contribution in [3.8, 4) is 0 Å². The molecule has 1 aromatic rings. The SMILES string of the molecule is CCCCCCC(C)Nc1nc(CC(=O)OCC)cs1. The standard InChI is InChI=1S/C15H26N2O2S/c1-4-6-7-8-9-12(3)16-15-17-13(11-20-15)10-14(18)19-5-2/h11-12H,4-10H2,1-3H3,(H,16,17). The van der Waals surface area contributed by atoms with Crippen LogP contribution in [0.3, 0.4) is 0 Å². The Balaban J connectivity index is 2.30. The summed E-state index contributed by atoms with van der Waals surface area (Å²) in [5, 5.41) is 6.22. The van der Waals surface area contributed by atoms with E-state index in [0.29, 0.717) is 12.6 Å². The molecule has 5 heteroatoms. The molecule has 1 rings (SSSR count). The number of esters is 1. The second kappa shape index (κ2) is 9.75. The van der Waals surface area contributed by atoms with Crippen LogP contribution in [0.25, 0.3) is 0 Å². The van der Waals surface area contributed by atoms with Crippen molar-refractivity contribution in [2.45, 2.75) is 65.3 Å². The van der Waals surface area contributed by atoms with Gasteiger partial charge >= 0.3 is 5.97 Å². The first-order valence-electron chi connectivity index (χ1n) is 7.52. The number of unbranched alkanes of at least 4 members (excludes halogenated alkanes) is 3. The predicted octanol–water partition coefficient (Wildman–Crippen LogP) is 4.02. The summed E-state index contributed by atoms with van der Waals surface area (Å²) in [6, 6.07) is 0.424. The van der Waals surface area contributed by atoms with Crippen LogP contribution in [0.4, 0.5) is 5.13 Å². The van der Waals surface area contributed by atoms with Crippen LogP contribution in [0.1, 0.15) is 58.6 Å². The summed E-state index contributed by atoms with van der Waals surface area (Å²) in [7, 11) is 0. The third-order valence-corrected chi connectivity index (χ3v) is 3.87. The Bertz CT molecular complexity index is 393. The number of aromatic nitrogens is 1. The average molecular weight is 298 g/mol. The van der Waals surface area contributed by atoms with Crippen molar-refractivity contribution >= 4 is 22.4 Å². The number of nitrogens with one attached hydrogen (secondary N) is 1. The van der Waals surface area contributed by atoms with E-state index in [9.17, 15) is 4.79 Å². The van der Waals surface area contributed by atoms with Crippen molar-refractivity contribution in [2.24, 2.45) is 0 Å². The topological polar surface area (TPSA) is 51.2 Å². The minimum absolute atomic E-state index is 0.211. The van der Waals surface area contributed by atoms with Gasteiger partial charge < -0.3 is 10.1 Å². The molecule has 114 valence electrons. The van der Waals surface area contributed by atoms with Gasteiger partial charge in [0.15, 0.2) is 5.13 Å². The zero-order valence-electron chi connectivity index (χ0n) is 12.8. The van der Waals surface area contributed by atoms with Crippen LogP contribution in [0.15, 0.2) is 5.38 Å². The number of nitrogens with zero attached hydrogens (tertiary/aromatic N) is 1. The molecule has 1 atom stereocenters. The maximum atomic E-state index is 11.4. The van der Waals surface area contributed by atoms with Gasteiger partial charge in [-0.05, 0) is 20.3 Å². The van der Waals surface area contributed by atoms with E-state index < -0.39 is 0 Å². The van der Waals surface area contributed by atoms with Gasteiger partial charge in [0.25, 0.3) is 0 Å². The molecular formula is C15H26N2O2S. The normalized spacial score (nSPS) is 12.2. The Labute approximate surface area is 125 Å². The fraction of sp³-hybridized carbons (Fsp3) is 0.733. The summed E-state index contributed by atoms with van der Waals surface area (Å²) in [6.45, 7) is 6.63. The van der Waals surface area contributed by atoms with Crippen molar-refractivity contribution in [1.82, 2.24) is 4.98 Å². The van der Waals surface area contributed by atoms with Gasteiger partial charge in [0, 0.05) is 11.4 Å². The summed E-state index contributed by atoms with van der Waals surface area (Å²) in [5.41, 5.74) is 0.786. The molecule has 0 fully saturated rings. The first-order valence-corrected chi connectivity index (χ1v) is 8.40. The molecule has 1 N–H and O–H groups in total. The van der Waals surface area contributed by atoms with Gasteiger partial charge in [-0.15, -0.1) is 11.3 Å². The highest BCUT2D eigenvalue weighted by Crippen LogP contribution is 2.18. The molecule has 0 aliphatic carbocycles. The maximum Gasteiger partial charge on any atom is 0.311 e. The molecular weight excluding hydrogens is 272 g/mol. The van der Waals surface area contributed by atoms with E-state index in [1.165, 1.54) is 25.7 Å². The van der Waals surface area contributed by atoms with Crippen LogP contribution in [0.5, 0.6) is 0 Å². The zero-order chi connectivity index (χ0) is 14.8. The van der Waals surface area contributed by atoms with Crippen LogP contribution < -0.4 is 5.32 Å². The van der Waals surface area contributed by atoms with Gasteiger partial charge in [0.2, 0.25) is 0 Å². The first-order chi connectivity index (χ1) is 9.65. The van der Waals surface area contributed by atoms with E-state index >= 15 is 0 Å². The minimum atomic E-state index is -0.211. The monoisotopic (exact) mass is 298 g/mol. The van der Waals surface area contributed by atoms with Gasteiger partial charge in [-0.25, -0.2) is 4.98 Å². The lowest BCUT2D eigenvalue weighted by atomic mass is 10.1. The van der Waals surface area contributed by atoms with Gasteiger partial charge in [-0.2, -0.15) is 0 Å². The Hall–Kier alpha value is -1.10. The van der Waals surface area contributed by atoms with Gasteiger partial charge in [0.05, 0.1) is 18.7 Å². The third-order valence-electron chi connectivity index (χ3n) is 3.04. The van der Waals surface area contributed by atoms with Crippen LogP contribution in [-0.4, -0.2) is 23.6 Å². The summed E-state index contributed by atoms with van der Waals surface area (Å²) < 4.78 is 4.92. The molecule has 0 spiro atoms. The van der Waals surface area contributed by atoms with E-state index in [-0.39, 0.29) is 12.4 Å². The molecule has 1 heterocycles. The molecule has 0 bridgehead atoms. The second-order valence-corrected chi connectivity index (χ2v) is 5.88. The van der Waals surface area contributed by atoms with E-state index in [2.05, 4.69) is 24.1 Å². The first kappa shape index (κ1) is 17.0. The number of rotatable bonds is 10. The number of carbonyl (C=O) groups excluding carboxylic acids is 1. The van der Waals surface area contributed by atoms with Crippen LogP contribution in [0, 0.1) is 0 Å². The van der Waals surface area contributed by atoms with E-state index in [4.69, 9.17) is 4.74 Å². The second-order valence-electron chi connectivity index (χ2n) is 5.02. The molecule has 20 heavy (non-hydrogen) atoms. The highest BCUT2D eigenvalue weighted by atomic mass is 32.1. The van der Waals surface area contributed by atoms with E-state index in [1.54, 1.807) is 11.3 Å². The van der Waals surface area contributed by atoms with Crippen molar-refractivity contribution in [2.75, 3.05) is 11.9 Å². The Morgan fingerprint density at radius 1 is 1.40 bits per heavy atom. The highest BCUT2D eigenvalue weighted by molar-refractivity contribution is 7.13. The van der Waals surface area contributed by atoms with E-state index in [0.717, 1.165) is 17.2 Å². The Kier molecular flexibility index (Phi) is 8.26. The number of carbonyl (C=O) groups is 1. The molecule has 0 saturated heterocycles. The van der Waals surface area contributed by atoms with Crippen molar-refractivity contribution in [1.29, 1.82) is 0 Å². The maximum absolute atomic E-state index is 11.4. The number of thiazole rings is 1. The lowest BCUT2D eigenvalue weighted by molar-refractivity contribution is -0.142. The molecule has 1 unspecified atom stereocenters. The molecule has 4 nitrogen and oxygen atoms in total. The number of ether oxygens (including phenoxy) is 1. The molecule has 0 aliphatic heterocycles. The molecule has 0 aromatic carbocycles. The van der Waals surface area contributed by atoms with Gasteiger partial charge in [-0.1, -0.05) is 32.6 Å². The molecule has 0 aliphatic rings. The van der Waals surface area contributed by atoms with E-state index in [1.807, 2.05) is 12.3 Å². The smallest absolute Gasteiger partial charge is 0.311 e. The summed E-state index contributed by atoms with van der Waals surface area (Å²) in [4.78, 5) is 15.8. The van der Waals surface area contributed by atoms with Gasteiger partial charge in [-0.3, -0.25) is 4.79 Å². The Morgan fingerprint density at radius 3 is 2.90 bits per heavy atom. The Morgan fingerprint density at radius 2 is 2.20 bits per heavy atom. The molecule has 0 amide bonds. The zero-order valence-corrected chi connectivity index (χ0v) is 13.6. The van der Waals surface area contributed by atoms with Crippen LogP contribution in [0.2, 0.25) is 0 Å². The quantitative estimate of drug-likeness (QED) is 0.523. The van der Waals surface area contributed by atoms with Gasteiger partial charge in [0.1, 0.15) is 0 Å². The number of hydrogen-bond acceptors (Lipinski definition) is 5.